The second-order valence-electron chi connectivity index (χ2n) is 6.80. The third-order valence-corrected chi connectivity index (χ3v) is 4.73. The third kappa shape index (κ3) is 5.47. The van der Waals surface area contributed by atoms with Crippen molar-refractivity contribution in [2.75, 3.05) is 39.9 Å². The molecule has 0 aromatic heterocycles. The summed E-state index contributed by atoms with van der Waals surface area (Å²) in [7, 11) is 1.66. The topological polar surface area (TPSA) is 37.3 Å². The average Bonchev–Trinajstić information content (AvgIpc) is 2.70. The fraction of sp³-hybridized carbons (Fsp3) is 0.409. The zero-order valence-electron chi connectivity index (χ0n) is 16.5. The Morgan fingerprint density at radius 2 is 1.74 bits per heavy atom. The van der Waals surface area contributed by atoms with Crippen LogP contribution < -0.4 is 9.47 Å². The molecule has 0 bridgehead atoms. The lowest BCUT2D eigenvalue weighted by atomic mass is 10.1. The Bertz CT molecular complexity index is 751. The Kier molecular flexibility index (Phi) is 6.71. The van der Waals surface area contributed by atoms with Crippen molar-refractivity contribution < 1.29 is 9.47 Å². The van der Waals surface area contributed by atoms with Crippen molar-refractivity contribution in [2.45, 2.75) is 20.4 Å². The van der Waals surface area contributed by atoms with E-state index in [0.717, 1.165) is 49.8 Å². The zero-order chi connectivity index (χ0) is 19.1. The van der Waals surface area contributed by atoms with Crippen LogP contribution in [0.15, 0.2) is 47.6 Å². The summed E-state index contributed by atoms with van der Waals surface area (Å²) in [6, 6.07) is 14.7. The highest BCUT2D eigenvalue weighted by Gasteiger charge is 2.15. The minimum atomic E-state index is 0.622. The minimum Gasteiger partial charge on any atom is -0.493 e. The van der Waals surface area contributed by atoms with Crippen LogP contribution in [0.2, 0.25) is 0 Å². The van der Waals surface area contributed by atoms with Gasteiger partial charge in [0.2, 0.25) is 0 Å². The molecule has 1 fully saturated rings. The van der Waals surface area contributed by atoms with Crippen LogP contribution in [-0.2, 0) is 6.54 Å². The standard InChI is InChI=1S/C22H29N3O2/c1-4-27-21-10-9-20(15-22(21)26-3)16-23-25-13-11-24(12-14-25)17-19-7-5-18(2)6-8-19/h5-10,15-16H,4,11-14,17H2,1-3H3/b23-16-. The van der Waals surface area contributed by atoms with Crippen LogP contribution in [0.25, 0.3) is 0 Å². The number of ether oxygens (including phenoxy) is 2. The molecule has 144 valence electrons. The van der Waals surface area contributed by atoms with E-state index in [9.17, 15) is 0 Å². The van der Waals surface area contributed by atoms with Crippen LogP contribution in [0.4, 0.5) is 0 Å². The summed E-state index contributed by atoms with van der Waals surface area (Å²) >= 11 is 0. The highest BCUT2D eigenvalue weighted by molar-refractivity contribution is 5.80. The maximum atomic E-state index is 5.56. The predicted octanol–water partition coefficient (Wildman–Crippen LogP) is 3.55. The third-order valence-electron chi connectivity index (χ3n) is 4.73. The molecular formula is C22H29N3O2. The Hall–Kier alpha value is -2.53. The second kappa shape index (κ2) is 9.42. The van der Waals surface area contributed by atoms with Crippen molar-refractivity contribution in [2.24, 2.45) is 5.10 Å². The van der Waals surface area contributed by atoms with Gasteiger partial charge >= 0.3 is 0 Å². The van der Waals surface area contributed by atoms with Gasteiger partial charge in [0.15, 0.2) is 11.5 Å². The maximum Gasteiger partial charge on any atom is 0.161 e. The largest absolute Gasteiger partial charge is 0.493 e. The normalized spacial score (nSPS) is 15.3. The number of hydrogen-bond donors (Lipinski definition) is 0. The number of rotatable bonds is 7. The van der Waals surface area contributed by atoms with E-state index < -0.39 is 0 Å². The van der Waals surface area contributed by atoms with E-state index in [0.29, 0.717) is 6.61 Å². The molecule has 5 heteroatoms. The summed E-state index contributed by atoms with van der Waals surface area (Å²) < 4.78 is 11.0. The lowest BCUT2D eigenvalue weighted by Crippen LogP contribution is -2.43. The molecule has 3 rings (SSSR count). The quantitative estimate of drug-likeness (QED) is 0.702. The highest BCUT2D eigenvalue weighted by Crippen LogP contribution is 2.27. The first-order chi connectivity index (χ1) is 13.2. The molecule has 2 aromatic rings. The summed E-state index contributed by atoms with van der Waals surface area (Å²) in [6.07, 6.45) is 1.90. The van der Waals surface area contributed by atoms with Gasteiger partial charge in [-0.15, -0.1) is 0 Å². The van der Waals surface area contributed by atoms with Crippen molar-refractivity contribution in [3.05, 3.63) is 59.2 Å². The van der Waals surface area contributed by atoms with Crippen molar-refractivity contribution >= 4 is 6.21 Å². The number of hydrazone groups is 1. The van der Waals surface area contributed by atoms with Crippen LogP contribution in [0, 0.1) is 6.92 Å². The molecule has 0 amide bonds. The molecule has 27 heavy (non-hydrogen) atoms. The number of nitrogens with zero attached hydrogens (tertiary/aromatic N) is 3. The Morgan fingerprint density at radius 3 is 2.41 bits per heavy atom. The molecule has 5 nitrogen and oxygen atoms in total. The zero-order valence-corrected chi connectivity index (χ0v) is 16.5. The van der Waals surface area contributed by atoms with Gasteiger partial charge in [-0.05, 0) is 43.2 Å². The number of hydrogen-bond acceptors (Lipinski definition) is 5. The number of methoxy groups -OCH3 is 1. The summed E-state index contributed by atoms with van der Waals surface area (Å²) in [6.45, 7) is 9.65. The molecular weight excluding hydrogens is 338 g/mol. The smallest absolute Gasteiger partial charge is 0.161 e. The minimum absolute atomic E-state index is 0.622. The molecule has 0 aliphatic carbocycles. The van der Waals surface area contributed by atoms with Gasteiger partial charge in [0.1, 0.15) is 0 Å². The van der Waals surface area contributed by atoms with Gasteiger partial charge in [-0.3, -0.25) is 9.91 Å². The second-order valence-corrected chi connectivity index (χ2v) is 6.80. The highest BCUT2D eigenvalue weighted by atomic mass is 16.5. The van der Waals surface area contributed by atoms with Gasteiger partial charge < -0.3 is 9.47 Å². The van der Waals surface area contributed by atoms with Crippen molar-refractivity contribution in [3.63, 3.8) is 0 Å². The van der Waals surface area contributed by atoms with Gasteiger partial charge in [-0.25, -0.2) is 0 Å². The first-order valence-electron chi connectivity index (χ1n) is 9.55. The van der Waals surface area contributed by atoms with Crippen molar-refractivity contribution in [3.8, 4) is 11.5 Å². The van der Waals surface area contributed by atoms with E-state index in [1.165, 1.54) is 11.1 Å². The molecule has 0 N–H and O–H groups in total. The molecule has 2 aromatic carbocycles. The van der Waals surface area contributed by atoms with Crippen LogP contribution in [0.1, 0.15) is 23.6 Å². The van der Waals surface area contributed by atoms with Gasteiger partial charge in [0.25, 0.3) is 0 Å². The molecule has 0 radical (unpaired) electrons. The predicted molar refractivity (Wildman–Crippen MR) is 110 cm³/mol. The van der Waals surface area contributed by atoms with Crippen molar-refractivity contribution in [1.82, 2.24) is 9.91 Å². The SMILES string of the molecule is CCOc1ccc(/C=N\N2CCN(Cc3ccc(C)cc3)CC2)cc1OC. The number of aryl methyl sites for hydroxylation is 1. The monoisotopic (exact) mass is 367 g/mol. The summed E-state index contributed by atoms with van der Waals surface area (Å²) in [5.74, 6) is 1.51. The summed E-state index contributed by atoms with van der Waals surface area (Å²) in [5, 5.41) is 6.78. The number of piperazine rings is 1. The van der Waals surface area contributed by atoms with Gasteiger partial charge in [0.05, 0.1) is 19.9 Å². The fourth-order valence-corrected chi connectivity index (χ4v) is 3.15. The Balaban J connectivity index is 1.52. The lowest BCUT2D eigenvalue weighted by Gasteiger charge is -2.33. The maximum absolute atomic E-state index is 5.56. The first-order valence-corrected chi connectivity index (χ1v) is 9.55. The summed E-state index contributed by atoms with van der Waals surface area (Å²) in [4.78, 5) is 2.48. The molecule has 1 aliphatic heterocycles. The summed E-state index contributed by atoms with van der Waals surface area (Å²) in [5.41, 5.74) is 3.69. The van der Waals surface area contributed by atoms with Gasteiger partial charge in [0, 0.05) is 32.7 Å². The van der Waals surface area contributed by atoms with E-state index in [1.807, 2.05) is 31.3 Å². The van der Waals surface area contributed by atoms with Crippen LogP contribution in [-0.4, -0.2) is 56.0 Å². The Labute approximate surface area is 162 Å². The Morgan fingerprint density at radius 1 is 1.00 bits per heavy atom. The van der Waals surface area contributed by atoms with E-state index in [-0.39, 0.29) is 0 Å². The van der Waals surface area contributed by atoms with Gasteiger partial charge in [-0.2, -0.15) is 5.10 Å². The molecule has 1 saturated heterocycles. The van der Waals surface area contributed by atoms with Gasteiger partial charge in [-0.1, -0.05) is 29.8 Å². The van der Waals surface area contributed by atoms with E-state index >= 15 is 0 Å². The molecule has 0 unspecified atom stereocenters. The molecule has 0 atom stereocenters. The lowest BCUT2D eigenvalue weighted by molar-refractivity contribution is 0.131. The molecule has 0 saturated carbocycles. The molecule has 1 aliphatic rings. The molecule has 1 heterocycles. The van der Waals surface area contributed by atoms with Crippen molar-refractivity contribution in [1.29, 1.82) is 0 Å². The first kappa shape index (κ1) is 19.2. The number of benzene rings is 2. The van der Waals surface area contributed by atoms with E-state index in [2.05, 4.69) is 46.2 Å². The fourth-order valence-electron chi connectivity index (χ4n) is 3.15. The van der Waals surface area contributed by atoms with E-state index in [4.69, 9.17) is 9.47 Å². The van der Waals surface area contributed by atoms with Crippen LogP contribution >= 0.6 is 0 Å². The average molecular weight is 367 g/mol. The van der Waals surface area contributed by atoms with Crippen LogP contribution in [0.3, 0.4) is 0 Å². The van der Waals surface area contributed by atoms with E-state index in [1.54, 1.807) is 7.11 Å². The molecule has 0 spiro atoms. The van der Waals surface area contributed by atoms with Crippen LogP contribution in [0.5, 0.6) is 11.5 Å².